The molecule has 0 saturated heterocycles. The predicted molar refractivity (Wildman–Crippen MR) is 125 cm³/mol. The number of aryl methyl sites for hydroxylation is 1. The summed E-state index contributed by atoms with van der Waals surface area (Å²) in [7, 11) is 3.45. The van der Waals surface area contributed by atoms with Gasteiger partial charge in [0.1, 0.15) is 12.4 Å². The Morgan fingerprint density at radius 2 is 1.86 bits per heavy atom. The van der Waals surface area contributed by atoms with Crippen LogP contribution in [-0.2, 0) is 16.0 Å². The first kappa shape index (κ1) is 25.0. The summed E-state index contributed by atoms with van der Waals surface area (Å²) in [5, 5.41) is 6.85. The molecule has 1 saturated carbocycles. The van der Waals surface area contributed by atoms with Gasteiger partial charge in [-0.2, -0.15) is 0 Å². The van der Waals surface area contributed by atoms with E-state index in [2.05, 4.69) is 42.7 Å². The fourth-order valence-corrected chi connectivity index (χ4v) is 2.95. The molecular formula is C21H36IN3O3. The monoisotopic (exact) mass is 505 g/mol. The van der Waals surface area contributed by atoms with Crippen LogP contribution in [0.5, 0.6) is 5.75 Å². The minimum atomic E-state index is 0. The maximum Gasteiger partial charge on any atom is 0.191 e. The highest BCUT2D eigenvalue weighted by Crippen LogP contribution is 2.48. The number of hydrogen-bond acceptors (Lipinski definition) is 4. The molecule has 1 aliphatic rings. The normalized spacial score (nSPS) is 14.9. The second-order valence-corrected chi connectivity index (χ2v) is 7.24. The molecule has 0 unspecified atom stereocenters. The van der Waals surface area contributed by atoms with E-state index in [0.29, 0.717) is 25.2 Å². The molecule has 2 N–H and O–H groups in total. The molecular weight excluding hydrogens is 469 g/mol. The maximum absolute atomic E-state index is 5.87. The molecule has 0 heterocycles. The van der Waals surface area contributed by atoms with E-state index in [-0.39, 0.29) is 24.0 Å². The van der Waals surface area contributed by atoms with E-state index in [1.807, 2.05) is 0 Å². The third-order valence-corrected chi connectivity index (χ3v) is 4.94. The Morgan fingerprint density at radius 3 is 2.50 bits per heavy atom. The lowest BCUT2D eigenvalue weighted by Crippen LogP contribution is -2.40. The van der Waals surface area contributed by atoms with Crippen LogP contribution in [0.25, 0.3) is 0 Å². The fraction of sp³-hybridized carbons (Fsp3) is 0.667. The summed E-state index contributed by atoms with van der Waals surface area (Å²) in [6.45, 7) is 8.43. The predicted octanol–water partition coefficient (Wildman–Crippen LogP) is 3.51. The molecule has 0 aliphatic heterocycles. The zero-order valence-corrected chi connectivity index (χ0v) is 20.0. The Balaban J connectivity index is 0.00000392. The van der Waals surface area contributed by atoms with Gasteiger partial charge in [0.25, 0.3) is 0 Å². The standard InChI is InChI=1S/C21H35N3O3.HI/c1-5-22-20(24-16-21(8-9-21)10-11-25-3)23-15-18-7-6-17(2)14-19(18)27-13-12-26-4;/h6-7,14H,5,8-13,15-16H2,1-4H3,(H2,22,23,24);1H. The summed E-state index contributed by atoms with van der Waals surface area (Å²) in [6.07, 6.45) is 3.63. The van der Waals surface area contributed by atoms with E-state index in [4.69, 9.17) is 19.2 Å². The van der Waals surface area contributed by atoms with Gasteiger partial charge >= 0.3 is 0 Å². The van der Waals surface area contributed by atoms with E-state index in [0.717, 1.165) is 43.4 Å². The quantitative estimate of drug-likeness (QED) is 0.197. The van der Waals surface area contributed by atoms with Gasteiger partial charge in [0, 0.05) is 39.5 Å². The first-order chi connectivity index (χ1) is 13.1. The highest BCUT2D eigenvalue weighted by Gasteiger charge is 2.41. The van der Waals surface area contributed by atoms with Gasteiger partial charge in [-0.15, -0.1) is 24.0 Å². The van der Waals surface area contributed by atoms with Gasteiger partial charge in [-0.1, -0.05) is 12.1 Å². The number of ether oxygens (including phenoxy) is 3. The van der Waals surface area contributed by atoms with E-state index in [1.54, 1.807) is 14.2 Å². The number of hydrogen-bond donors (Lipinski definition) is 2. The summed E-state index contributed by atoms with van der Waals surface area (Å²) >= 11 is 0. The SMILES string of the molecule is CCNC(=NCc1ccc(C)cc1OCCOC)NCC1(CCOC)CC1.I. The molecule has 1 aliphatic carbocycles. The lowest BCUT2D eigenvalue weighted by molar-refractivity contribution is 0.145. The molecule has 0 aromatic heterocycles. The Labute approximate surface area is 186 Å². The van der Waals surface area contributed by atoms with Gasteiger partial charge in [-0.05, 0) is 50.2 Å². The molecule has 0 bridgehead atoms. The Hall–Kier alpha value is -1.06. The number of guanidine groups is 1. The second kappa shape index (κ2) is 13.2. The van der Waals surface area contributed by atoms with E-state index in [9.17, 15) is 0 Å². The van der Waals surface area contributed by atoms with Crippen molar-refractivity contribution in [3.05, 3.63) is 29.3 Å². The zero-order chi connectivity index (χ0) is 19.5. The highest BCUT2D eigenvalue weighted by molar-refractivity contribution is 14.0. The van der Waals surface area contributed by atoms with Crippen LogP contribution in [0.15, 0.2) is 23.2 Å². The summed E-state index contributed by atoms with van der Waals surface area (Å²) in [5.74, 6) is 1.73. The molecule has 1 aromatic carbocycles. The Bertz CT molecular complexity index is 607. The first-order valence-electron chi connectivity index (χ1n) is 9.85. The van der Waals surface area contributed by atoms with Crippen LogP contribution < -0.4 is 15.4 Å². The average Bonchev–Trinajstić information content (AvgIpc) is 3.44. The van der Waals surface area contributed by atoms with Crippen molar-refractivity contribution in [1.82, 2.24) is 10.6 Å². The van der Waals surface area contributed by atoms with Gasteiger partial charge in [0.15, 0.2) is 5.96 Å². The van der Waals surface area contributed by atoms with E-state index >= 15 is 0 Å². The van der Waals surface area contributed by atoms with Crippen molar-refractivity contribution >= 4 is 29.9 Å². The molecule has 0 atom stereocenters. The van der Waals surface area contributed by atoms with Crippen molar-refractivity contribution in [1.29, 1.82) is 0 Å². The molecule has 1 fully saturated rings. The Kier molecular flexibility index (Phi) is 11.8. The Morgan fingerprint density at radius 1 is 1.11 bits per heavy atom. The first-order valence-corrected chi connectivity index (χ1v) is 9.85. The number of nitrogens with one attached hydrogen (secondary N) is 2. The molecule has 1 aromatic rings. The topological polar surface area (TPSA) is 64.1 Å². The van der Waals surface area contributed by atoms with Crippen molar-refractivity contribution in [2.24, 2.45) is 10.4 Å². The summed E-state index contributed by atoms with van der Waals surface area (Å²) in [6, 6.07) is 6.24. The molecule has 6 nitrogen and oxygen atoms in total. The highest BCUT2D eigenvalue weighted by atomic mass is 127. The minimum absolute atomic E-state index is 0. The lowest BCUT2D eigenvalue weighted by Gasteiger charge is -2.18. The third-order valence-electron chi connectivity index (χ3n) is 4.94. The summed E-state index contributed by atoms with van der Waals surface area (Å²) in [5.41, 5.74) is 2.63. The number of methoxy groups -OCH3 is 2. The lowest BCUT2D eigenvalue weighted by atomic mass is 10.0. The van der Waals surface area contributed by atoms with Crippen LogP contribution in [0.1, 0.15) is 37.3 Å². The van der Waals surface area contributed by atoms with Crippen LogP contribution in [0.3, 0.4) is 0 Å². The summed E-state index contributed by atoms with van der Waals surface area (Å²) < 4.78 is 16.2. The number of nitrogens with zero attached hydrogens (tertiary/aromatic N) is 1. The smallest absolute Gasteiger partial charge is 0.191 e. The molecule has 28 heavy (non-hydrogen) atoms. The van der Waals surface area contributed by atoms with Crippen LogP contribution in [0.4, 0.5) is 0 Å². The van der Waals surface area contributed by atoms with Gasteiger partial charge in [-0.3, -0.25) is 0 Å². The number of aliphatic imine (C=N–C) groups is 1. The van der Waals surface area contributed by atoms with E-state index in [1.165, 1.54) is 18.4 Å². The van der Waals surface area contributed by atoms with Crippen molar-refractivity contribution < 1.29 is 14.2 Å². The number of rotatable bonds is 12. The molecule has 2 rings (SSSR count). The molecule has 7 heteroatoms. The van der Waals surface area contributed by atoms with Crippen molar-refractivity contribution in [3.8, 4) is 5.75 Å². The zero-order valence-electron chi connectivity index (χ0n) is 17.7. The van der Waals surface area contributed by atoms with Crippen LogP contribution >= 0.6 is 24.0 Å². The van der Waals surface area contributed by atoms with Gasteiger partial charge in [-0.25, -0.2) is 4.99 Å². The van der Waals surface area contributed by atoms with Gasteiger partial charge in [0.2, 0.25) is 0 Å². The van der Waals surface area contributed by atoms with Crippen molar-refractivity contribution in [3.63, 3.8) is 0 Å². The van der Waals surface area contributed by atoms with Crippen LogP contribution in [0.2, 0.25) is 0 Å². The minimum Gasteiger partial charge on any atom is -0.491 e. The molecule has 0 radical (unpaired) electrons. The average molecular weight is 505 g/mol. The van der Waals surface area contributed by atoms with Crippen molar-refractivity contribution in [2.75, 3.05) is 47.1 Å². The fourth-order valence-electron chi connectivity index (χ4n) is 2.95. The van der Waals surface area contributed by atoms with Crippen molar-refractivity contribution in [2.45, 2.75) is 39.7 Å². The number of benzene rings is 1. The largest absolute Gasteiger partial charge is 0.491 e. The molecule has 0 spiro atoms. The van der Waals surface area contributed by atoms with Gasteiger partial charge < -0.3 is 24.8 Å². The van der Waals surface area contributed by atoms with Crippen LogP contribution in [-0.4, -0.2) is 53.1 Å². The maximum atomic E-state index is 5.87. The molecule has 160 valence electrons. The van der Waals surface area contributed by atoms with E-state index < -0.39 is 0 Å². The van der Waals surface area contributed by atoms with Crippen LogP contribution in [0, 0.1) is 12.3 Å². The van der Waals surface area contributed by atoms with Gasteiger partial charge in [0.05, 0.1) is 13.2 Å². The summed E-state index contributed by atoms with van der Waals surface area (Å²) in [4.78, 5) is 4.77. The third kappa shape index (κ3) is 8.53. The second-order valence-electron chi connectivity index (χ2n) is 7.24. The number of halogens is 1. The molecule has 0 amide bonds.